The fourth-order valence-electron chi connectivity index (χ4n) is 6.78. The van der Waals surface area contributed by atoms with Crippen LogP contribution in [-0.4, -0.2) is 43.8 Å². The van der Waals surface area contributed by atoms with Crippen molar-refractivity contribution in [2.24, 2.45) is 21.1 Å². The van der Waals surface area contributed by atoms with E-state index < -0.39 is 5.97 Å². The van der Waals surface area contributed by atoms with Crippen LogP contribution < -0.4 is 4.74 Å². The number of carbonyl (C=O) groups excluding carboxylic acids is 1. The first-order chi connectivity index (χ1) is 23.2. The molecule has 248 valence electrons. The highest BCUT2D eigenvalue weighted by Gasteiger charge is 2.29. The zero-order chi connectivity index (χ0) is 33.7. The lowest BCUT2D eigenvalue weighted by atomic mass is 9.97. The average Bonchev–Trinajstić information content (AvgIpc) is 3.69. The van der Waals surface area contributed by atoms with Gasteiger partial charge in [0, 0.05) is 65.1 Å². The lowest BCUT2D eigenvalue weighted by Gasteiger charge is -2.15. The molecule has 48 heavy (non-hydrogen) atoms. The molecule has 0 aliphatic carbocycles. The van der Waals surface area contributed by atoms with E-state index in [1.54, 1.807) is 11.8 Å². The summed E-state index contributed by atoms with van der Waals surface area (Å²) in [5.74, 6) is 1.19. The van der Waals surface area contributed by atoms with Crippen molar-refractivity contribution in [1.82, 2.24) is 24.1 Å². The van der Waals surface area contributed by atoms with E-state index in [1.807, 2.05) is 73.2 Å². The smallest absolute Gasteiger partial charge is 0.354 e. The molecule has 0 radical (unpaired) electrons. The number of hydrogen-bond acceptors (Lipinski definition) is 7. The molecule has 3 aromatic heterocycles. The topological polar surface area (TPSA) is 85.3 Å². The number of halogens is 1. The highest BCUT2D eigenvalue weighted by atomic mass is 35.5. The summed E-state index contributed by atoms with van der Waals surface area (Å²) < 4.78 is 23.9. The van der Waals surface area contributed by atoms with Crippen LogP contribution in [0.3, 0.4) is 0 Å². The van der Waals surface area contributed by atoms with Crippen LogP contribution in [0, 0.1) is 6.92 Å². The molecule has 0 saturated heterocycles. The number of rotatable bonds is 1. The Balaban J connectivity index is 1.39. The molecule has 0 saturated carbocycles. The summed E-state index contributed by atoms with van der Waals surface area (Å²) in [4.78, 5) is 14.5. The Hall–Kier alpha value is -4.25. The summed E-state index contributed by atoms with van der Waals surface area (Å²) in [6.45, 7) is 4.82. The van der Waals surface area contributed by atoms with Crippen LogP contribution >= 0.6 is 23.4 Å². The van der Waals surface area contributed by atoms with Gasteiger partial charge in [-0.1, -0.05) is 41.9 Å². The molecule has 0 N–H and O–H groups in total. The number of nitrogens with zero attached hydrogens (tertiary/aromatic N) is 5. The van der Waals surface area contributed by atoms with Crippen LogP contribution in [0.4, 0.5) is 0 Å². The van der Waals surface area contributed by atoms with Crippen LogP contribution in [0.2, 0.25) is 5.02 Å². The van der Waals surface area contributed by atoms with E-state index in [2.05, 4.69) is 30.3 Å². The maximum Gasteiger partial charge on any atom is 0.354 e. The third-order valence-corrected chi connectivity index (χ3v) is 10.6. The number of fused-ring (bicyclic) bond motifs is 8. The molecule has 0 amide bonds. The third kappa shape index (κ3) is 5.65. The normalized spacial score (nSPS) is 15.7. The second-order valence-electron chi connectivity index (χ2n) is 12.3. The lowest BCUT2D eigenvalue weighted by Crippen LogP contribution is -2.11. The number of carbonyl (C=O) groups is 1. The van der Waals surface area contributed by atoms with Gasteiger partial charge in [-0.15, -0.1) is 11.8 Å². The molecule has 7 rings (SSSR count). The average molecular weight is 684 g/mol. The van der Waals surface area contributed by atoms with Crippen molar-refractivity contribution < 1.29 is 19.0 Å². The highest BCUT2D eigenvalue weighted by molar-refractivity contribution is 7.98. The Morgan fingerprint density at radius 1 is 1.02 bits per heavy atom. The fourth-order valence-corrected chi connectivity index (χ4v) is 8.01. The van der Waals surface area contributed by atoms with Gasteiger partial charge in [0.05, 0.1) is 48.4 Å². The van der Waals surface area contributed by atoms with E-state index in [4.69, 9.17) is 36.0 Å². The van der Waals surface area contributed by atoms with Crippen molar-refractivity contribution in [3.05, 3.63) is 93.7 Å². The maximum atomic E-state index is 13.3. The van der Waals surface area contributed by atoms with Crippen LogP contribution in [-0.2, 0) is 49.4 Å². The summed E-state index contributed by atoms with van der Waals surface area (Å²) in [5.41, 5.74) is 7.60. The molecule has 6 aromatic rings. The number of ether oxygens (including phenoxy) is 3. The van der Waals surface area contributed by atoms with Crippen molar-refractivity contribution in [2.45, 2.75) is 50.0 Å². The molecule has 9 nitrogen and oxygen atoms in total. The van der Waals surface area contributed by atoms with Crippen molar-refractivity contribution >= 4 is 51.0 Å². The van der Waals surface area contributed by atoms with Gasteiger partial charge in [0.2, 0.25) is 0 Å². The van der Waals surface area contributed by atoms with E-state index in [0.717, 1.165) is 77.5 Å². The van der Waals surface area contributed by atoms with Gasteiger partial charge in [-0.25, -0.2) is 4.79 Å². The minimum atomic E-state index is -0.397. The molecular formula is C37H38ClN5O4S. The largest absolute Gasteiger partial charge is 0.493 e. The Bertz CT molecular complexity index is 2200. The molecule has 1 aliphatic rings. The van der Waals surface area contributed by atoms with Crippen molar-refractivity contribution in [3.63, 3.8) is 0 Å². The van der Waals surface area contributed by atoms with Gasteiger partial charge in [-0.05, 0) is 61.9 Å². The number of hydrogen-bond donors (Lipinski definition) is 0. The molecule has 1 atom stereocenters. The van der Waals surface area contributed by atoms with Gasteiger partial charge in [0.25, 0.3) is 0 Å². The van der Waals surface area contributed by atoms with Gasteiger partial charge in [0.1, 0.15) is 11.4 Å². The quantitative estimate of drug-likeness (QED) is 0.162. The second-order valence-corrected chi connectivity index (χ2v) is 13.7. The van der Waals surface area contributed by atoms with Crippen LogP contribution in [0.5, 0.6) is 5.75 Å². The van der Waals surface area contributed by atoms with Gasteiger partial charge in [-0.2, -0.15) is 10.2 Å². The zero-order valence-electron chi connectivity index (χ0n) is 28.0. The number of esters is 1. The Morgan fingerprint density at radius 3 is 2.65 bits per heavy atom. The number of thioether (sulfide) groups is 1. The minimum absolute atomic E-state index is 0.321. The van der Waals surface area contributed by atoms with Crippen molar-refractivity contribution in [2.75, 3.05) is 13.7 Å². The summed E-state index contributed by atoms with van der Waals surface area (Å²) in [7, 11) is 7.20. The number of aromatic nitrogens is 5. The highest BCUT2D eigenvalue weighted by Crippen LogP contribution is 2.44. The summed E-state index contributed by atoms with van der Waals surface area (Å²) >= 11 is 8.81. The van der Waals surface area contributed by atoms with Crippen molar-refractivity contribution in [1.29, 1.82) is 0 Å². The van der Waals surface area contributed by atoms with E-state index in [9.17, 15) is 4.79 Å². The Labute approximate surface area is 288 Å². The van der Waals surface area contributed by atoms with Gasteiger partial charge in [0.15, 0.2) is 0 Å². The fraction of sp³-hybridized carbons (Fsp3) is 0.324. The van der Waals surface area contributed by atoms with Crippen LogP contribution in [0.1, 0.15) is 58.3 Å². The summed E-state index contributed by atoms with van der Waals surface area (Å²) in [6.07, 6.45) is 0.927. The standard InChI is InChI=1S/C37H38ClN5O4S/c1-21-32-33-30(38)14-13-29-28(36(37(44)45-6)41(3)35(29)33)12-9-15-46-31-18-26(16-23-10-7-8-11-27(23)31)48-20-25-17-24(39-43(25)5)19-47-22(2)34(32)40-42(21)4/h7-8,10-11,13-14,16-18,22H,9,12,15,19-20H2,1-6H3. The number of methoxy groups -OCH3 is 1. The van der Waals surface area contributed by atoms with Crippen molar-refractivity contribution in [3.8, 4) is 16.9 Å². The third-order valence-electron chi connectivity index (χ3n) is 9.31. The number of benzene rings is 3. The summed E-state index contributed by atoms with van der Waals surface area (Å²) in [5, 5.41) is 13.4. The van der Waals surface area contributed by atoms with Gasteiger partial charge in [-0.3, -0.25) is 9.36 Å². The Kier molecular flexibility index (Phi) is 8.74. The predicted octanol–water partition coefficient (Wildman–Crippen LogP) is 8.11. The van der Waals surface area contributed by atoms with E-state index in [1.165, 1.54) is 7.11 Å². The molecule has 11 heteroatoms. The van der Waals surface area contributed by atoms with Gasteiger partial charge < -0.3 is 18.8 Å². The van der Waals surface area contributed by atoms with E-state index in [0.29, 0.717) is 36.8 Å². The first-order valence-electron chi connectivity index (χ1n) is 16.0. The SMILES string of the molecule is COC(=O)c1c2c3ccc(Cl)c(c3n1C)-c1c(nn(C)c1C)C(C)OCc1cc(n(C)n1)CSc1cc(c3ccccc3c1)OCCC2. The molecule has 1 unspecified atom stereocenters. The molecule has 3 aromatic carbocycles. The predicted molar refractivity (Wildman–Crippen MR) is 190 cm³/mol. The molecular weight excluding hydrogens is 646 g/mol. The first kappa shape index (κ1) is 32.3. The molecule has 4 heterocycles. The van der Waals surface area contributed by atoms with E-state index in [-0.39, 0.29) is 6.10 Å². The second kappa shape index (κ2) is 13.0. The maximum absolute atomic E-state index is 13.3. The van der Waals surface area contributed by atoms with E-state index >= 15 is 0 Å². The molecule has 0 fully saturated rings. The minimum Gasteiger partial charge on any atom is -0.493 e. The Morgan fingerprint density at radius 2 is 1.83 bits per heavy atom. The molecule has 1 aliphatic heterocycles. The molecule has 8 bridgehead atoms. The van der Waals surface area contributed by atoms with Crippen LogP contribution in [0.15, 0.2) is 59.5 Å². The monoisotopic (exact) mass is 683 g/mol. The first-order valence-corrected chi connectivity index (χ1v) is 17.4. The zero-order valence-corrected chi connectivity index (χ0v) is 29.5. The lowest BCUT2D eigenvalue weighted by molar-refractivity contribution is 0.0475. The molecule has 0 spiro atoms. The summed E-state index contributed by atoms with van der Waals surface area (Å²) in [6, 6.07) is 18.6. The van der Waals surface area contributed by atoms with Gasteiger partial charge >= 0.3 is 5.97 Å². The van der Waals surface area contributed by atoms with Crippen LogP contribution in [0.25, 0.3) is 32.8 Å². The number of aryl methyl sites for hydroxylation is 4.